The molecule has 0 radical (unpaired) electrons. The molecule has 1 aliphatic rings. The van der Waals surface area contributed by atoms with Crippen LogP contribution < -0.4 is 10.6 Å². The summed E-state index contributed by atoms with van der Waals surface area (Å²) in [6.45, 7) is 5.32. The molecule has 0 bridgehead atoms. The first-order valence-electron chi connectivity index (χ1n) is 7.27. The van der Waals surface area contributed by atoms with Crippen molar-refractivity contribution in [1.29, 1.82) is 0 Å². The fourth-order valence-electron chi connectivity index (χ4n) is 2.18. The molecule has 0 unspecified atom stereocenters. The van der Waals surface area contributed by atoms with Gasteiger partial charge in [-0.1, -0.05) is 0 Å². The SMILES string of the molecule is CSc1ccc(NC(=O)NCCCN2CCOCC2)cc1. The second-order valence-corrected chi connectivity index (χ2v) is 5.80. The summed E-state index contributed by atoms with van der Waals surface area (Å²) in [7, 11) is 0. The van der Waals surface area contributed by atoms with Crippen LogP contribution in [0.4, 0.5) is 10.5 Å². The zero-order valence-electron chi connectivity index (χ0n) is 12.4. The van der Waals surface area contributed by atoms with Crippen LogP contribution in [0.15, 0.2) is 29.2 Å². The molecule has 1 aliphatic heterocycles. The van der Waals surface area contributed by atoms with E-state index < -0.39 is 0 Å². The zero-order valence-corrected chi connectivity index (χ0v) is 13.2. The summed E-state index contributed by atoms with van der Waals surface area (Å²) in [6, 6.07) is 7.68. The fraction of sp³-hybridized carbons (Fsp3) is 0.533. The van der Waals surface area contributed by atoms with Crippen molar-refractivity contribution in [3.05, 3.63) is 24.3 Å². The molecule has 0 aliphatic carbocycles. The summed E-state index contributed by atoms with van der Waals surface area (Å²) in [5, 5.41) is 5.72. The van der Waals surface area contributed by atoms with E-state index in [0.717, 1.165) is 45.0 Å². The molecule has 1 fully saturated rings. The van der Waals surface area contributed by atoms with E-state index in [0.29, 0.717) is 6.54 Å². The molecule has 2 amide bonds. The average Bonchev–Trinajstić information content (AvgIpc) is 2.53. The molecule has 5 nitrogen and oxygen atoms in total. The Balaban J connectivity index is 1.60. The highest BCUT2D eigenvalue weighted by molar-refractivity contribution is 7.98. The van der Waals surface area contributed by atoms with Gasteiger partial charge < -0.3 is 15.4 Å². The Hall–Kier alpha value is -1.24. The molecule has 1 aromatic carbocycles. The van der Waals surface area contributed by atoms with Gasteiger partial charge in [0.05, 0.1) is 13.2 Å². The Morgan fingerprint density at radius 2 is 2.00 bits per heavy atom. The van der Waals surface area contributed by atoms with Crippen LogP contribution in [0, 0.1) is 0 Å². The van der Waals surface area contributed by atoms with E-state index in [2.05, 4.69) is 15.5 Å². The highest BCUT2D eigenvalue weighted by atomic mass is 32.2. The molecule has 0 atom stereocenters. The number of rotatable bonds is 6. The Morgan fingerprint density at radius 3 is 2.67 bits per heavy atom. The number of anilines is 1. The number of ether oxygens (including phenoxy) is 1. The number of nitrogens with zero attached hydrogens (tertiary/aromatic N) is 1. The average molecular weight is 309 g/mol. The third kappa shape index (κ3) is 5.95. The van der Waals surface area contributed by atoms with Gasteiger partial charge in [-0.05, 0) is 43.5 Å². The van der Waals surface area contributed by atoms with E-state index in [9.17, 15) is 4.79 Å². The van der Waals surface area contributed by atoms with Gasteiger partial charge in [-0.15, -0.1) is 11.8 Å². The normalized spacial score (nSPS) is 15.7. The van der Waals surface area contributed by atoms with Gasteiger partial charge in [-0.2, -0.15) is 0 Å². The minimum atomic E-state index is -0.145. The third-order valence-corrected chi connectivity index (χ3v) is 4.13. The van der Waals surface area contributed by atoms with Crippen molar-refractivity contribution in [3.63, 3.8) is 0 Å². The number of amides is 2. The number of carbonyl (C=O) groups excluding carboxylic acids is 1. The number of benzene rings is 1. The third-order valence-electron chi connectivity index (χ3n) is 3.39. The van der Waals surface area contributed by atoms with Crippen LogP contribution >= 0.6 is 11.8 Å². The molecule has 2 rings (SSSR count). The van der Waals surface area contributed by atoms with Crippen LogP contribution in [0.1, 0.15) is 6.42 Å². The Kier molecular flexibility index (Phi) is 6.85. The lowest BCUT2D eigenvalue weighted by molar-refractivity contribution is 0.0375. The predicted molar refractivity (Wildman–Crippen MR) is 87.1 cm³/mol. The topological polar surface area (TPSA) is 53.6 Å². The van der Waals surface area contributed by atoms with Crippen molar-refractivity contribution >= 4 is 23.5 Å². The van der Waals surface area contributed by atoms with Crippen molar-refractivity contribution in [3.8, 4) is 0 Å². The van der Waals surface area contributed by atoms with Gasteiger partial charge in [0.15, 0.2) is 0 Å². The van der Waals surface area contributed by atoms with E-state index in [1.165, 1.54) is 4.90 Å². The van der Waals surface area contributed by atoms with Gasteiger partial charge in [0.25, 0.3) is 0 Å². The van der Waals surface area contributed by atoms with E-state index in [-0.39, 0.29) is 6.03 Å². The van der Waals surface area contributed by atoms with E-state index in [1.54, 1.807) is 11.8 Å². The van der Waals surface area contributed by atoms with Crippen LogP contribution in [0.2, 0.25) is 0 Å². The Labute approximate surface area is 130 Å². The molecule has 0 aromatic heterocycles. The highest BCUT2D eigenvalue weighted by Gasteiger charge is 2.09. The zero-order chi connectivity index (χ0) is 14.9. The summed E-state index contributed by atoms with van der Waals surface area (Å²) in [4.78, 5) is 15.3. The maximum atomic E-state index is 11.8. The lowest BCUT2D eigenvalue weighted by Gasteiger charge is -2.26. The first-order valence-corrected chi connectivity index (χ1v) is 8.49. The van der Waals surface area contributed by atoms with Crippen LogP contribution in [-0.4, -0.2) is 56.6 Å². The maximum absolute atomic E-state index is 11.8. The van der Waals surface area contributed by atoms with Crippen LogP contribution in [0.5, 0.6) is 0 Å². The van der Waals surface area contributed by atoms with Crippen molar-refractivity contribution in [2.45, 2.75) is 11.3 Å². The van der Waals surface area contributed by atoms with Gasteiger partial charge in [0, 0.05) is 30.2 Å². The van der Waals surface area contributed by atoms with E-state index >= 15 is 0 Å². The molecule has 21 heavy (non-hydrogen) atoms. The molecular weight excluding hydrogens is 286 g/mol. The van der Waals surface area contributed by atoms with Gasteiger partial charge in [-0.3, -0.25) is 4.90 Å². The number of carbonyl (C=O) groups is 1. The van der Waals surface area contributed by atoms with Crippen LogP contribution in [-0.2, 0) is 4.74 Å². The van der Waals surface area contributed by atoms with Gasteiger partial charge in [0.1, 0.15) is 0 Å². The number of hydrogen-bond acceptors (Lipinski definition) is 4. The standard InChI is InChI=1S/C15H23N3O2S/c1-21-14-5-3-13(4-6-14)17-15(19)16-7-2-8-18-9-11-20-12-10-18/h3-6H,2,7-12H2,1H3,(H2,16,17,19). The van der Waals surface area contributed by atoms with Gasteiger partial charge in [-0.25, -0.2) is 4.79 Å². The summed E-state index contributed by atoms with van der Waals surface area (Å²) < 4.78 is 5.30. The molecule has 0 saturated carbocycles. The first kappa shape index (κ1) is 16.1. The van der Waals surface area contributed by atoms with Gasteiger partial charge >= 0.3 is 6.03 Å². The second kappa shape index (κ2) is 8.92. The Morgan fingerprint density at radius 1 is 1.29 bits per heavy atom. The quantitative estimate of drug-likeness (QED) is 0.625. The molecule has 0 spiro atoms. The number of nitrogens with one attached hydrogen (secondary N) is 2. The number of urea groups is 1. The Bertz CT molecular complexity index is 433. The monoisotopic (exact) mass is 309 g/mol. The first-order chi connectivity index (χ1) is 10.3. The van der Waals surface area contributed by atoms with Crippen LogP contribution in [0.3, 0.4) is 0 Å². The molecule has 6 heteroatoms. The number of hydrogen-bond donors (Lipinski definition) is 2. The fourth-order valence-corrected chi connectivity index (χ4v) is 2.59. The molecular formula is C15H23N3O2S. The van der Waals surface area contributed by atoms with Crippen LogP contribution in [0.25, 0.3) is 0 Å². The molecule has 2 N–H and O–H groups in total. The van der Waals surface area contributed by atoms with E-state index in [4.69, 9.17) is 4.74 Å². The van der Waals surface area contributed by atoms with Crippen molar-refractivity contribution in [1.82, 2.24) is 10.2 Å². The smallest absolute Gasteiger partial charge is 0.319 e. The second-order valence-electron chi connectivity index (χ2n) is 4.92. The molecule has 1 aromatic rings. The lowest BCUT2D eigenvalue weighted by atomic mass is 10.3. The minimum Gasteiger partial charge on any atom is -0.379 e. The van der Waals surface area contributed by atoms with Crippen molar-refractivity contribution in [2.75, 3.05) is 51.0 Å². The van der Waals surface area contributed by atoms with Crippen molar-refractivity contribution < 1.29 is 9.53 Å². The largest absolute Gasteiger partial charge is 0.379 e. The summed E-state index contributed by atoms with van der Waals surface area (Å²) in [5.74, 6) is 0. The summed E-state index contributed by atoms with van der Waals surface area (Å²) in [6.07, 6.45) is 2.99. The predicted octanol–water partition coefficient (Wildman–Crippen LogP) is 2.25. The number of thioether (sulfide) groups is 1. The van der Waals surface area contributed by atoms with E-state index in [1.807, 2.05) is 30.5 Å². The highest BCUT2D eigenvalue weighted by Crippen LogP contribution is 2.17. The van der Waals surface area contributed by atoms with Gasteiger partial charge in [0.2, 0.25) is 0 Å². The maximum Gasteiger partial charge on any atom is 0.319 e. The summed E-state index contributed by atoms with van der Waals surface area (Å²) >= 11 is 1.68. The molecule has 116 valence electrons. The minimum absolute atomic E-state index is 0.145. The lowest BCUT2D eigenvalue weighted by Crippen LogP contribution is -2.38. The number of morpholine rings is 1. The molecule has 1 heterocycles. The van der Waals surface area contributed by atoms with Crippen molar-refractivity contribution in [2.24, 2.45) is 0 Å². The molecule has 1 saturated heterocycles. The summed E-state index contributed by atoms with van der Waals surface area (Å²) in [5.41, 5.74) is 0.818.